The molecule has 31 heavy (non-hydrogen) atoms. The van der Waals surface area contributed by atoms with Crippen LogP contribution in [0.2, 0.25) is 0 Å². The van der Waals surface area contributed by atoms with E-state index >= 15 is 0 Å². The highest BCUT2D eigenvalue weighted by Gasteiger charge is 2.26. The van der Waals surface area contributed by atoms with Gasteiger partial charge < -0.3 is 19.6 Å². The Morgan fingerprint density at radius 1 is 1.13 bits per heavy atom. The molecule has 0 aliphatic heterocycles. The van der Waals surface area contributed by atoms with Gasteiger partial charge in [0.15, 0.2) is 5.58 Å². The van der Waals surface area contributed by atoms with E-state index in [0.29, 0.717) is 29.2 Å². The first-order chi connectivity index (χ1) is 15.1. The maximum absolute atomic E-state index is 12.6. The van der Waals surface area contributed by atoms with Crippen molar-refractivity contribution in [3.63, 3.8) is 0 Å². The van der Waals surface area contributed by atoms with E-state index in [4.69, 9.17) is 8.94 Å². The van der Waals surface area contributed by atoms with Crippen molar-refractivity contribution in [2.75, 3.05) is 10.6 Å². The number of nitrogens with one attached hydrogen (secondary N) is 2. The lowest BCUT2D eigenvalue weighted by molar-refractivity contribution is 0.365. The summed E-state index contributed by atoms with van der Waals surface area (Å²) in [5.74, 6) is 2.19. The molecule has 1 saturated carbocycles. The van der Waals surface area contributed by atoms with Gasteiger partial charge in [-0.3, -0.25) is 9.36 Å². The molecule has 1 aliphatic carbocycles. The molecule has 0 bridgehead atoms. The summed E-state index contributed by atoms with van der Waals surface area (Å²) >= 11 is 0. The van der Waals surface area contributed by atoms with Gasteiger partial charge in [0.1, 0.15) is 5.82 Å². The smallest absolute Gasteiger partial charge is 0.298 e. The molecule has 0 radical (unpaired) electrons. The van der Waals surface area contributed by atoms with Gasteiger partial charge in [-0.25, -0.2) is 4.98 Å². The normalized spacial score (nSPS) is 18.7. The van der Waals surface area contributed by atoms with Gasteiger partial charge >= 0.3 is 0 Å². The standard InChI is InChI=1S/C22H24N6O3/c1-13(2)20-26-22(27-31-20)25-16-4-3-15(11-16)24-18-6-5-17(12-23-18)28-9-7-14-8-10-30-19(14)21(28)29/h5-10,12-13,15-16H,3-4,11H2,1-2H3,(H,23,24)(H,25,27)/t15-,16-/m0/s1. The molecule has 160 valence electrons. The minimum absolute atomic E-state index is 0.197. The van der Waals surface area contributed by atoms with Crippen LogP contribution in [0, 0.1) is 0 Å². The third-order valence-electron chi connectivity index (χ3n) is 5.59. The Morgan fingerprint density at radius 3 is 2.71 bits per heavy atom. The van der Waals surface area contributed by atoms with Crippen LogP contribution in [0.25, 0.3) is 16.7 Å². The molecule has 0 unspecified atom stereocenters. The molecule has 1 fully saturated rings. The van der Waals surface area contributed by atoms with Crippen molar-refractivity contribution in [1.29, 1.82) is 0 Å². The predicted octanol–water partition coefficient (Wildman–Crippen LogP) is 3.93. The number of fused-ring (bicyclic) bond motifs is 1. The summed E-state index contributed by atoms with van der Waals surface area (Å²) in [7, 11) is 0. The van der Waals surface area contributed by atoms with Crippen molar-refractivity contribution in [2.45, 2.75) is 51.1 Å². The first-order valence-electron chi connectivity index (χ1n) is 10.5. The van der Waals surface area contributed by atoms with Crippen LogP contribution in [-0.2, 0) is 0 Å². The number of hydrogen-bond donors (Lipinski definition) is 2. The summed E-state index contributed by atoms with van der Waals surface area (Å²) in [5.41, 5.74) is 0.839. The largest absolute Gasteiger partial charge is 0.459 e. The van der Waals surface area contributed by atoms with E-state index in [1.54, 1.807) is 18.5 Å². The molecule has 5 rings (SSSR count). The van der Waals surface area contributed by atoms with Crippen molar-refractivity contribution in [2.24, 2.45) is 0 Å². The highest BCUT2D eigenvalue weighted by Crippen LogP contribution is 2.25. The Bertz CT molecular complexity index is 1240. The van der Waals surface area contributed by atoms with E-state index in [9.17, 15) is 4.79 Å². The van der Waals surface area contributed by atoms with E-state index in [1.165, 1.54) is 10.8 Å². The third-order valence-corrected chi connectivity index (χ3v) is 5.59. The molecule has 4 aromatic heterocycles. The SMILES string of the molecule is CC(C)c1nc(N[C@H]2CC[C@H](Nc3ccc(-n4ccc5ccoc5c4=O)cn3)C2)no1. The Hall–Kier alpha value is -3.62. The minimum atomic E-state index is -0.197. The number of furan rings is 1. The van der Waals surface area contributed by atoms with Gasteiger partial charge in [-0.2, -0.15) is 4.98 Å². The first-order valence-corrected chi connectivity index (χ1v) is 10.5. The molecule has 2 N–H and O–H groups in total. The molecule has 0 aromatic carbocycles. The zero-order valence-corrected chi connectivity index (χ0v) is 17.4. The molecule has 0 amide bonds. The van der Waals surface area contributed by atoms with Gasteiger partial charge in [0.05, 0.1) is 18.1 Å². The van der Waals surface area contributed by atoms with E-state index in [0.717, 1.165) is 30.5 Å². The van der Waals surface area contributed by atoms with Crippen molar-refractivity contribution in [3.05, 3.63) is 59.2 Å². The highest BCUT2D eigenvalue weighted by molar-refractivity contribution is 5.76. The Kier molecular flexibility index (Phi) is 4.93. The number of nitrogens with zero attached hydrogens (tertiary/aromatic N) is 4. The summed E-state index contributed by atoms with van der Waals surface area (Å²) in [6, 6.07) is 7.98. The van der Waals surface area contributed by atoms with Crippen LogP contribution in [0.5, 0.6) is 0 Å². The molecular formula is C22H24N6O3. The fourth-order valence-corrected chi connectivity index (χ4v) is 3.94. The average Bonchev–Trinajstić information content (AvgIpc) is 3.51. The third kappa shape index (κ3) is 3.90. The molecule has 0 saturated heterocycles. The summed E-state index contributed by atoms with van der Waals surface area (Å²) in [4.78, 5) is 21.5. The van der Waals surface area contributed by atoms with E-state index in [2.05, 4.69) is 25.8 Å². The van der Waals surface area contributed by atoms with Gasteiger partial charge in [-0.15, -0.1) is 0 Å². The van der Waals surface area contributed by atoms with Crippen molar-refractivity contribution in [1.82, 2.24) is 19.7 Å². The van der Waals surface area contributed by atoms with Crippen molar-refractivity contribution < 1.29 is 8.94 Å². The fraction of sp³-hybridized carbons (Fsp3) is 0.364. The van der Waals surface area contributed by atoms with Crippen molar-refractivity contribution in [3.8, 4) is 5.69 Å². The molecule has 0 spiro atoms. The van der Waals surface area contributed by atoms with Crippen molar-refractivity contribution >= 4 is 22.7 Å². The number of pyridine rings is 2. The van der Waals surface area contributed by atoms with Gasteiger partial charge in [0.25, 0.3) is 11.5 Å². The maximum Gasteiger partial charge on any atom is 0.298 e. The summed E-state index contributed by atoms with van der Waals surface area (Å²) in [6.07, 6.45) is 7.91. The molecular weight excluding hydrogens is 396 g/mol. The van der Waals surface area contributed by atoms with Crippen LogP contribution in [0.1, 0.15) is 44.9 Å². The predicted molar refractivity (Wildman–Crippen MR) is 117 cm³/mol. The minimum Gasteiger partial charge on any atom is -0.459 e. The number of aromatic nitrogens is 4. The maximum atomic E-state index is 12.6. The van der Waals surface area contributed by atoms with Gasteiger partial charge in [-0.1, -0.05) is 13.8 Å². The summed E-state index contributed by atoms with van der Waals surface area (Å²) < 4.78 is 12.1. The first kappa shape index (κ1) is 19.3. The Labute approximate surface area is 178 Å². The monoisotopic (exact) mass is 420 g/mol. The van der Waals surface area contributed by atoms with Gasteiger partial charge in [0.2, 0.25) is 5.89 Å². The molecule has 9 nitrogen and oxygen atoms in total. The van der Waals surface area contributed by atoms with Crippen LogP contribution in [-0.4, -0.2) is 31.8 Å². The number of anilines is 2. The Morgan fingerprint density at radius 2 is 1.97 bits per heavy atom. The summed E-state index contributed by atoms with van der Waals surface area (Å²) in [5, 5.41) is 11.6. The molecule has 4 aromatic rings. The van der Waals surface area contributed by atoms with E-state index in [1.807, 2.05) is 32.0 Å². The second-order valence-electron chi connectivity index (χ2n) is 8.20. The quantitative estimate of drug-likeness (QED) is 0.483. The second kappa shape index (κ2) is 7.90. The van der Waals surface area contributed by atoms with Crippen LogP contribution >= 0.6 is 0 Å². The topological polar surface area (TPSA) is 111 Å². The molecule has 4 heterocycles. The summed E-state index contributed by atoms with van der Waals surface area (Å²) in [6.45, 7) is 4.05. The number of hydrogen-bond acceptors (Lipinski definition) is 8. The fourth-order valence-electron chi connectivity index (χ4n) is 3.94. The lowest BCUT2D eigenvalue weighted by Crippen LogP contribution is -2.22. The van der Waals surface area contributed by atoms with E-state index in [-0.39, 0.29) is 17.5 Å². The van der Waals surface area contributed by atoms with Gasteiger partial charge in [0, 0.05) is 29.6 Å². The zero-order chi connectivity index (χ0) is 21.4. The average molecular weight is 420 g/mol. The van der Waals surface area contributed by atoms with Crippen LogP contribution < -0.4 is 16.2 Å². The van der Waals surface area contributed by atoms with Gasteiger partial charge in [-0.05, 0) is 48.7 Å². The van der Waals surface area contributed by atoms with E-state index < -0.39 is 0 Å². The molecule has 2 atom stereocenters. The number of rotatable bonds is 6. The molecule has 1 aliphatic rings. The van der Waals surface area contributed by atoms with Crippen LogP contribution in [0.4, 0.5) is 11.8 Å². The second-order valence-corrected chi connectivity index (χ2v) is 8.20. The van der Waals surface area contributed by atoms with Crippen LogP contribution in [0.15, 0.2) is 56.7 Å². The Balaban J connectivity index is 1.22. The highest BCUT2D eigenvalue weighted by atomic mass is 16.5. The molecule has 9 heteroatoms. The van der Waals surface area contributed by atoms with Crippen LogP contribution in [0.3, 0.4) is 0 Å². The lowest BCUT2D eigenvalue weighted by atomic mass is 10.2. The lowest BCUT2D eigenvalue weighted by Gasteiger charge is -2.15. The zero-order valence-electron chi connectivity index (χ0n) is 17.4.